The Labute approximate surface area is 104 Å². The predicted octanol–water partition coefficient (Wildman–Crippen LogP) is 6.06. The van der Waals surface area contributed by atoms with Gasteiger partial charge >= 0.3 is 0 Å². The standard InChI is InChI=1S/C16H34/c1-6-9-10-11-12-13-16(14(4)5)15(7-2)8-3/h14-16H,6-13H2,1-5H3. The van der Waals surface area contributed by atoms with Crippen molar-refractivity contribution in [2.75, 3.05) is 0 Å². The second kappa shape index (κ2) is 10.2. The lowest BCUT2D eigenvalue weighted by Gasteiger charge is -2.29. The van der Waals surface area contributed by atoms with E-state index in [4.69, 9.17) is 0 Å². The largest absolute Gasteiger partial charge is 0.0654 e. The molecule has 0 bridgehead atoms. The van der Waals surface area contributed by atoms with Crippen LogP contribution >= 0.6 is 0 Å². The van der Waals surface area contributed by atoms with Crippen molar-refractivity contribution in [3.8, 4) is 0 Å². The van der Waals surface area contributed by atoms with Gasteiger partial charge in [0.15, 0.2) is 0 Å². The van der Waals surface area contributed by atoms with E-state index in [1.54, 1.807) is 0 Å². The predicted molar refractivity (Wildman–Crippen MR) is 75.8 cm³/mol. The van der Waals surface area contributed by atoms with E-state index in [1.165, 1.54) is 51.4 Å². The highest BCUT2D eigenvalue weighted by atomic mass is 14.3. The Balaban J connectivity index is 3.85. The van der Waals surface area contributed by atoms with Gasteiger partial charge in [0.05, 0.1) is 0 Å². The normalized spacial score (nSPS) is 13.7. The fourth-order valence-corrected chi connectivity index (χ4v) is 2.99. The smallest absolute Gasteiger partial charge is 0.0363 e. The summed E-state index contributed by atoms with van der Waals surface area (Å²) in [6.45, 7) is 11.8. The lowest BCUT2D eigenvalue weighted by Crippen LogP contribution is -2.19. The van der Waals surface area contributed by atoms with E-state index in [9.17, 15) is 0 Å². The van der Waals surface area contributed by atoms with Crippen molar-refractivity contribution in [3.05, 3.63) is 0 Å². The maximum absolute atomic E-state index is 2.41. The molecule has 0 aromatic carbocycles. The summed E-state index contributed by atoms with van der Waals surface area (Å²) in [7, 11) is 0. The molecule has 0 spiro atoms. The summed E-state index contributed by atoms with van der Waals surface area (Å²) >= 11 is 0. The first-order valence-electron chi connectivity index (χ1n) is 7.67. The van der Waals surface area contributed by atoms with Crippen LogP contribution in [0.4, 0.5) is 0 Å². The van der Waals surface area contributed by atoms with Crippen LogP contribution in [-0.2, 0) is 0 Å². The second-order valence-electron chi connectivity index (χ2n) is 5.69. The highest BCUT2D eigenvalue weighted by molar-refractivity contribution is 4.71. The van der Waals surface area contributed by atoms with Crippen LogP contribution in [0.15, 0.2) is 0 Å². The molecule has 0 aliphatic carbocycles. The molecule has 0 rings (SSSR count). The molecule has 0 aromatic rings. The van der Waals surface area contributed by atoms with Crippen LogP contribution in [0.2, 0.25) is 0 Å². The molecule has 0 radical (unpaired) electrons. The Hall–Kier alpha value is 0. The van der Waals surface area contributed by atoms with Crippen LogP contribution in [0, 0.1) is 17.8 Å². The minimum absolute atomic E-state index is 0.871. The Morgan fingerprint density at radius 1 is 0.750 bits per heavy atom. The third kappa shape index (κ3) is 6.55. The quantitative estimate of drug-likeness (QED) is 0.397. The fourth-order valence-electron chi connectivity index (χ4n) is 2.99. The highest BCUT2D eigenvalue weighted by Crippen LogP contribution is 2.31. The van der Waals surface area contributed by atoms with Crippen LogP contribution in [0.25, 0.3) is 0 Å². The van der Waals surface area contributed by atoms with E-state index in [-0.39, 0.29) is 0 Å². The summed E-state index contributed by atoms with van der Waals surface area (Å²) in [6.07, 6.45) is 11.4. The number of hydrogen-bond acceptors (Lipinski definition) is 0. The first kappa shape index (κ1) is 16.0. The molecule has 0 saturated heterocycles. The van der Waals surface area contributed by atoms with E-state index in [2.05, 4.69) is 34.6 Å². The van der Waals surface area contributed by atoms with Crippen LogP contribution in [0.1, 0.15) is 86.0 Å². The zero-order valence-electron chi connectivity index (χ0n) is 12.4. The maximum Gasteiger partial charge on any atom is -0.0363 e. The Morgan fingerprint density at radius 2 is 1.31 bits per heavy atom. The molecule has 0 N–H and O–H groups in total. The zero-order valence-corrected chi connectivity index (χ0v) is 12.4. The van der Waals surface area contributed by atoms with Crippen molar-refractivity contribution in [2.45, 2.75) is 86.0 Å². The lowest BCUT2D eigenvalue weighted by atomic mass is 9.77. The summed E-state index contributed by atoms with van der Waals surface area (Å²) in [5.74, 6) is 2.80. The van der Waals surface area contributed by atoms with Gasteiger partial charge < -0.3 is 0 Å². The van der Waals surface area contributed by atoms with Crippen LogP contribution in [0.5, 0.6) is 0 Å². The first-order valence-corrected chi connectivity index (χ1v) is 7.67. The summed E-state index contributed by atoms with van der Waals surface area (Å²) in [5, 5.41) is 0. The molecule has 16 heavy (non-hydrogen) atoms. The average molecular weight is 226 g/mol. The third-order valence-corrected chi connectivity index (χ3v) is 4.15. The lowest BCUT2D eigenvalue weighted by molar-refractivity contribution is 0.218. The SMILES string of the molecule is CCCCCCCC(C(C)C)C(CC)CC. The zero-order chi connectivity index (χ0) is 12.4. The van der Waals surface area contributed by atoms with Crippen LogP contribution < -0.4 is 0 Å². The molecule has 1 atom stereocenters. The van der Waals surface area contributed by atoms with Gasteiger partial charge in [-0.1, -0.05) is 79.6 Å². The molecule has 98 valence electrons. The summed E-state index contributed by atoms with van der Waals surface area (Å²) < 4.78 is 0. The van der Waals surface area contributed by atoms with Crippen molar-refractivity contribution in [2.24, 2.45) is 17.8 Å². The van der Waals surface area contributed by atoms with E-state index in [0.717, 1.165) is 17.8 Å². The minimum Gasteiger partial charge on any atom is -0.0654 e. The van der Waals surface area contributed by atoms with Crippen molar-refractivity contribution >= 4 is 0 Å². The molecule has 0 heterocycles. The van der Waals surface area contributed by atoms with E-state index >= 15 is 0 Å². The Morgan fingerprint density at radius 3 is 1.75 bits per heavy atom. The van der Waals surface area contributed by atoms with E-state index in [0.29, 0.717) is 0 Å². The monoisotopic (exact) mass is 226 g/mol. The molecule has 0 aliphatic heterocycles. The number of hydrogen-bond donors (Lipinski definition) is 0. The van der Waals surface area contributed by atoms with Gasteiger partial charge in [-0.3, -0.25) is 0 Å². The van der Waals surface area contributed by atoms with Gasteiger partial charge in [-0.15, -0.1) is 0 Å². The van der Waals surface area contributed by atoms with Gasteiger partial charge in [0, 0.05) is 0 Å². The molecule has 0 fully saturated rings. The summed E-state index contributed by atoms with van der Waals surface area (Å²) in [5.41, 5.74) is 0. The fraction of sp³-hybridized carbons (Fsp3) is 1.00. The van der Waals surface area contributed by atoms with Crippen molar-refractivity contribution in [1.29, 1.82) is 0 Å². The topological polar surface area (TPSA) is 0 Å². The van der Waals surface area contributed by atoms with E-state index < -0.39 is 0 Å². The second-order valence-corrected chi connectivity index (χ2v) is 5.69. The van der Waals surface area contributed by atoms with E-state index in [1.807, 2.05) is 0 Å². The molecular formula is C16H34. The maximum atomic E-state index is 2.41. The molecule has 0 aromatic heterocycles. The highest BCUT2D eigenvalue weighted by Gasteiger charge is 2.20. The molecule has 1 unspecified atom stereocenters. The Bertz CT molecular complexity index is 133. The van der Waals surface area contributed by atoms with Gasteiger partial charge in [-0.25, -0.2) is 0 Å². The van der Waals surface area contributed by atoms with Crippen molar-refractivity contribution in [3.63, 3.8) is 0 Å². The Kier molecular flexibility index (Phi) is 10.2. The molecule has 0 heteroatoms. The van der Waals surface area contributed by atoms with Crippen LogP contribution in [0.3, 0.4) is 0 Å². The first-order chi connectivity index (χ1) is 7.67. The minimum atomic E-state index is 0.871. The molecule has 0 aliphatic rings. The van der Waals surface area contributed by atoms with Crippen LogP contribution in [-0.4, -0.2) is 0 Å². The molecule has 0 nitrogen and oxygen atoms in total. The molecule has 0 saturated carbocycles. The van der Waals surface area contributed by atoms with Crippen molar-refractivity contribution in [1.82, 2.24) is 0 Å². The van der Waals surface area contributed by atoms with Gasteiger partial charge in [0.25, 0.3) is 0 Å². The summed E-state index contributed by atoms with van der Waals surface area (Å²) in [6, 6.07) is 0. The average Bonchev–Trinajstić information content (AvgIpc) is 2.27. The van der Waals surface area contributed by atoms with Crippen molar-refractivity contribution < 1.29 is 0 Å². The van der Waals surface area contributed by atoms with Gasteiger partial charge in [0.2, 0.25) is 0 Å². The van der Waals surface area contributed by atoms with Gasteiger partial charge in [-0.05, 0) is 24.2 Å². The van der Waals surface area contributed by atoms with Gasteiger partial charge in [-0.2, -0.15) is 0 Å². The number of rotatable bonds is 10. The number of unbranched alkanes of at least 4 members (excludes halogenated alkanes) is 4. The molecular weight excluding hydrogens is 192 g/mol. The summed E-state index contributed by atoms with van der Waals surface area (Å²) in [4.78, 5) is 0. The molecule has 0 amide bonds. The third-order valence-electron chi connectivity index (χ3n) is 4.15. The van der Waals surface area contributed by atoms with Gasteiger partial charge in [0.1, 0.15) is 0 Å².